The molecule has 1 aliphatic heterocycles. The summed E-state index contributed by atoms with van der Waals surface area (Å²) in [5, 5.41) is 3.38. The quantitative estimate of drug-likeness (QED) is 0.804. The van der Waals surface area contributed by atoms with E-state index in [9.17, 15) is 0 Å². The summed E-state index contributed by atoms with van der Waals surface area (Å²) >= 11 is 0. The Morgan fingerprint density at radius 2 is 2.24 bits per heavy atom. The Hall–Kier alpha value is -1.28. The second-order valence-corrected chi connectivity index (χ2v) is 5.50. The fourth-order valence-corrected chi connectivity index (χ4v) is 2.23. The highest BCUT2D eigenvalue weighted by Gasteiger charge is 2.31. The molecule has 0 saturated heterocycles. The summed E-state index contributed by atoms with van der Waals surface area (Å²) in [6.45, 7) is 11.9. The van der Waals surface area contributed by atoms with Crippen LogP contribution in [-0.4, -0.2) is 12.1 Å². The summed E-state index contributed by atoms with van der Waals surface area (Å²) in [5.41, 5.74) is 3.66. The first-order valence-corrected chi connectivity index (χ1v) is 6.13. The predicted molar refractivity (Wildman–Crippen MR) is 71.4 cm³/mol. The van der Waals surface area contributed by atoms with E-state index in [0.29, 0.717) is 0 Å². The lowest BCUT2D eigenvalue weighted by Crippen LogP contribution is -2.25. The Morgan fingerprint density at radius 3 is 2.94 bits per heavy atom. The van der Waals surface area contributed by atoms with Crippen molar-refractivity contribution >= 4 is 0 Å². The molecule has 1 aromatic carbocycles. The molecule has 0 fully saturated rings. The maximum Gasteiger partial charge on any atom is 0.127 e. The van der Waals surface area contributed by atoms with Gasteiger partial charge in [0.25, 0.3) is 0 Å². The second-order valence-electron chi connectivity index (χ2n) is 5.50. The lowest BCUT2D eigenvalue weighted by atomic mass is 10.0. The van der Waals surface area contributed by atoms with E-state index < -0.39 is 0 Å². The van der Waals surface area contributed by atoms with Gasteiger partial charge in [-0.3, -0.25) is 0 Å². The van der Waals surface area contributed by atoms with Crippen LogP contribution >= 0.6 is 0 Å². The van der Waals surface area contributed by atoms with Crippen LogP contribution in [0.1, 0.15) is 31.9 Å². The minimum Gasteiger partial charge on any atom is -0.487 e. The Labute approximate surface area is 104 Å². The van der Waals surface area contributed by atoms with Gasteiger partial charge in [-0.1, -0.05) is 30.4 Å². The number of rotatable bonds is 4. The van der Waals surface area contributed by atoms with Crippen molar-refractivity contribution in [2.75, 3.05) is 6.54 Å². The maximum atomic E-state index is 6.02. The first-order chi connectivity index (χ1) is 7.98. The first kappa shape index (κ1) is 12.2. The third kappa shape index (κ3) is 2.89. The zero-order chi connectivity index (χ0) is 12.5. The number of nitrogens with one attached hydrogen (secondary N) is 1. The molecule has 0 atom stereocenters. The summed E-state index contributed by atoms with van der Waals surface area (Å²) in [6.07, 6.45) is 0.997. The van der Waals surface area contributed by atoms with E-state index in [1.54, 1.807) is 0 Å². The molecule has 92 valence electrons. The minimum atomic E-state index is -0.0627. The van der Waals surface area contributed by atoms with Gasteiger partial charge in [0.1, 0.15) is 11.4 Å². The Morgan fingerprint density at radius 1 is 1.47 bits per heavy atom. The minimum absolute atomic E-state index is 0.0627. The smallest absolute Gasteiger partial charge is 0.127 e. The normalized spacial score (nSPS) is 16.4. The predicted octanol–water partition coefficient (Wildman–Crippen LogP) is 3.07. The van der Waals surface area contributed by atoms with Crippen molar-refractivity contribution in [3.05, 3.63) is 41.5 Å². The number of benzene rings is 1. The van der Waals surface area contributed by atoms with Crippen LogP contribution in [0, 0.1) is 0 Å². The van der Waals surface area contributed by atoms with Crippen LogP contribution in [-0.2, 0) is 13.0 Å². The summed E-state index contributed by atoms with van der Waals surface area (Å²) in [4.78, 5) is 0. The van der Waals surface area contributed by atoms with E-state index in [1.165, 1.54) is 11.1 Å². The van der Waals surface area contributed by atoms with Crippen molar-refractivity contribution in [3.8, 4) is 5.75 Å². The Bertz CT molecular complexity index is 435. The largest absolute Gasteiger partial charge is 0.487 e. The van der Waals surface area contributed by atoms with Crippen molar-refractivity contribution in [1.82, 2.24) is 5.32 Å². The van der Waals surface area contributed by atoms with Gasteiger partial charge >= 0.3 is 0 Å². The van der Waals surface area contributed by atoms with Gasteiger partial charge in [-0.25, -0.2) is 0 Å². The highest BCUT2D eigenvalue weighted by molar-refractivity contribution is 5.45. The average molecular weight is 231 g/mol. The monoisotopic (exact) mass is 231 g/mol. The lowest BCUT2D eigenvalue weighted by Gasteiger charge is -2.18. The molecule has 1 heterocycles. The summed E-state index contributed by atoms with van der Waals surface area (Å²) < 4.78 is 6.02. The average Bonchev–Trinajstić information content (AvgIpc) is 2.52. The molecule has 1 aliphatic rings. The molecule has 0 spiro atoms. The Balaban J connectivity index is 2.10. The number of ether oxygens (including phenoxy) is 1. The highest BCUT2D eigenvalue weighted by atomic mass is 16.5. The molecule has 0 radical (unpaired) electrons. The van der Waals surface area contributed by atoms with Gasteiger partial charge in [0.05, 0.1) is 0 Å². The van der Waals surface area contributed by atoms with Crippen LogP contribution in [0.25, 0.3) is 0 Å². The molecule has 0 bridgehead atoms. The molecule has 17 heavy (non-hydrogen) atoms. The number of hydrogen-bond acceptors (Lipinski definition) is 2. The molecule has 2 heteroatoms. The molecule has 2 nitrogen and oxygen atoms in total. The van der Waals surface area contributed by atoms with E-state index in [0.717, 1.165) is 30.8 Å². The van der Waals surface area contributed by atoms with Gasteiger partial charge in [-0.2, -0.15) is 0 Å². The molecular weight excluding hydrogens is 210 g/mol. The van der Waals surface area contributed by atoms with Crippen molar-refractivity contribution < 1.29 is 4.74 Å². The molecule has 0 aliphatic carbocycles. The van der Waals surface area contributed by atoms with E-state index in [4.69, 9.17) is 4.74 Å². The van der Waals surface area contributed by atoms with Crippen LogP contribution in [0.4, 0.5) is 0 Å². The van der Waals surface area contributed by atoms with E-state index >= 15 is 0 Å². The van der Waals surface area contributed by atoms with Crippen LogP contribution in [0.5, 0.6) is 5.75 Å². The lowest BCUT2D eigenvalue weighted by molar-refractivity contribution is 0.137. The van der Waals surface area contributed by atoms with Crippen molar-refractivity contribution in [2.45, 2.75) is 39.3 Å². The molecule has 0 saturated carbocycles. The summed E-state index contributed by atoms with van der Waals surface area (Å²) in [6, 6.07) is 6.40. The SMILES string of the molecule is C=C(C)CNCc1cccc2c1OC(C)(C)C2. The van der Waals surface area contributed by atoms with Crippen LogP contribution in [0.3, 0.4) is 0 Å². The van der Waals surface area contributed by atoms with Crippen LogP contribution in [0.2, 0.25) is 0 Å². The Kier molecular flexibility index (Phi) is 3.25. The van der Waals surface area contributed by atoms with Crippen molar-refractivity contribution in [1.29, 1.82) is 0 Å². The first-order valence-electron chi connectivity index (χ1n) is 6.13. The topological polar surface area (TPSA) is 21.3 Å². The molecule has 1 aromatic rings. The fourth-order valence-electron chi connectivity index (χ4n) is 2.23. The van der Waals surface area contributed by atoms with E-state index in [2.05, 4.69) is 43.9 Å². The van der Waals surface area contributed by atoms with Gasteiger partial charge in [-0.05, 0) is 26.3 Å². The molecule has 0 unspecified atom stereocenters. The van der Waals surface area contributed by atoms with Gasteiger partial charge in [0.15, 0.2) is 0 Å². The van der Waals surface area contributed by atoms with E-state index in [1.807, 2.05) is 6.92 Å². The third-order valence-corrected chi connectivity index (χ3v) is 2.91. The van der Waals surface area contributed by atoms with Crippen LogP contribution in [0.15, 0.2) is 30.4 Å². The van der Waals surface area contributed by atoms with Gasteiger partial charge in [0, 0.05) is 25.1 Å². The van der Waals surface area contributed by atoms with Crippen molar-refractivity contribution in [3.63, 3.8) is 0 Å². The molecule has 2 rings (SSSR count). The highest BCUT2D eigenvalue weighted by Crippen LogP contribution is 2.37. The summed E-state index contributed by atoms with van der Waals surface area (Å²) in [5.74, 6) is 1.08. The molecular formula is C15H21NO. The van der Waals surface area contributed by atoms with Crippen molar-refractivity contribution in [2.24, 2.45) is 0 Å². The fraction of sp³-hybridized carbons (Fsp3) is 0.467. The maximum absolute atomic E-state index is 6.02. The summed E-state index contributed by atoms with van der Waals surface area (Å²) in [7, 11) is 0. The van der Waals surface area contributed by atoms with E-state index in [-0.39, 0.29) is 5.60 Å². The van der Waals surface area contributed by atoms with Gasteiger partial charge < -0.3 is 10.1 Å². The standard InChI is InChI=1S/C15H21NO/c1-11(2)9-16-10-13-7-5-6-12-8-15(3,4)17-14(12)13/h5-7,16H,1,8-10H2,2-4H3. The zero-order valence-electron chi connectivity index (χ0n) is 11.0. The molecule has 1 N–H and O–H groups in total. The number of fused-ring (bicyclic) bond motifs is 1. The number of hydrogen-bond donors (Lipinski definition) is 1. The molecule has 0 aromatic heterocycles. The number of para-hydroxylation sites is 1. The third-order valence-electron chi connectivity index (χ3n) is 2.91. The molecule has 0 amide bonds. The second kappa shape index (κ2) is 4.53. The van der Waals surface area contributed by atoms with Crippen LogP contribution < -0.4 is 10.1 Å². The van der Waals surface area contributed by atoms with Gasteiger partial charge in [0.2, 0.25) is 0 Å². The zero-order valence-corrected chi connectivity index (χ0v) is 11.0. The van der Waals surface area contributed by atoms with Gasteiger partial charge in [-0.15, -0.1) is 0 Å².